The van der Waals surface area contributed by atoms with Gasteiger partial charge in [0, 0.05) is 13.2 Å². The van der Waals surface area contributed by atoms with Crippen molar-refractivity contribution in [2.75, 3.05) is 18.5 Å². The number of anilines is 1. The van der Waals surface area contributed by atoms with Crippen molar-refractivity contribution in [2.45, 2.75) is 25.9 Å². The lowest BCUT2D eigenvalue weighted by Gasteiger charge is -2.15. The molecule has 0 spiro atoms. The SMILES string of the molecule is Cc1cc(NC[C@H]2CCCO2)n2c(nc3ccccc32)c1C#N. The van der Waals surface area contributed by atoms with Crippen LogP contribution < -0.4 is 5.32 Å². The number of para-hydroxylation sites is 2. The zero-order valence-corrected chi connectivity index (χ0v) is 13.0. The Kier molecular flexibility index (Phi) is 3.40. The number of ether oxygens (including phenoxy) is 1. The Morgan fingerprint density at radius 1 is 1.43 bits per heavy atom. The highest BCUT2D eigenvalue weighted by Gasteiger charge is 2.18. The number of hydrogen-bond donors (Lipinski definition) is 1. The maximum absolute atomic E-state index is 9.49. The van der Waals surface area contributed by atoms with Gasteiger partial charge in [-0.15, -0.1) is 0 Å². The molecule has 3 aromatic rings. The second-order valence-corrected chi connectivity index (χ2v) is 5.97. The maximum atomic E-state index is 9.49. The molecule has 4 rings (SSSR count). The molecule has 5 nitrogen and oxygen atoms in total. The first-order valence-electron chi connectivity index (χ1n) is 7.94. The van der Waals surface area contributed by atoms with Crippen LogP contribution in [0.3, 0.4) is 0 Å². The van der Waals surface area contributed by atoms with E-state index in [0.29, 0.717) is 11.2 Å². The van der Waals surface area contributed by atoms with Crippen molar-refractivity contribution < 1.29 is 4.74 Å². The summed E-state index contributed by atoms with van der Waals surface area (Å²) in [4.78, 5) is 4.66. The highest BCUT2D eigenvalue weighted by molar-refractivity contribution is 5.85. The maximum Gasteiger partial charge on any atom is 0.157 e. The predicted molar refractivity (Wildman–Crippen MR) is 89.6 cm³/mol. The third-order valence-corrected chi connectivity index (χ3v) is 4.42. The summed E-state index contributed by atoms with van der Waals surface area (Å²) in [6.07, 6.45) is 2.48. The zero-order chi connectivity index (χ0) is 15.8. The van der Waals surface area contributed by atoms with Crippen molar-refractivity contribution in [3.8, 4) is 6.07 Å². The van der Waals surface area contributed by atoms with Crippen LogP contribution in [-0.4, -0.2) is 28.6 Å². The van der Waals surface area contributed by atoms with E-state index in [-0.39, 0.29) is 6.10 Å². The number of hydrogen-bond acceptors (Lipinski definition) is 4. The van der Waals surface area contributed by atoms with Crippen LogP contribution >= 0.6 is 0 Å². The van der Waals surface area contributed by atoms with E-state index in [1.54, 1.807) is 0 Å². The molecule has 0 unspecified atom stereocenters. The fourth-order valence-electron chi connectivity index (χ4n) is 3.25. The molecular formula is C18H18N4O. The van der Waals surface area contributed by atoms with E-state index in [9.17, 15) is 5.26 Å². The summed E-state index contributed by atoms with van der Waals surface area (Å²) in [5.41, 5.74) is 4.18. The van der Waals surface area contributed by atoms with Gasteiger partial charge < -0.3 is 10.1 Å². The summed E-state index contributed by atoms with van der Waals surface area (Å²) in [5, 5.41) is 13.0. The number of pyridine rings is 1. The minimum atomic E-state index is 0.260. The number of imidazole rings is 1. The second-order valence-electron chi connectivity index (χ2n) is 5.97. The van der Waals surface area contributed by atoms with Crippen LogP contribution in [0.2, 0.25) is 0 Å². The van der Waals surface area contributed by atoms with Crippen molar-refractivity contribution in [2.24, 2.45) is 0 Å². The van der Waals surface area contributed by atoms with Gasteiger partial charge in [-0.25, -0.2) is 4.98 Å². The number of rotatable bonds is 3. The molecule has 0 amide bonds. The fourth-order valence-corrected chi connectivity index (χ4v) is 3.25. The molecule has 5 heteroatoms. The Morgan fingerprint density at radius 2 is 2.30 bits per heavy atom. The molecule has 1 aliphatic rings. The highest BCUT2D eigenvalue weighted by Crippen LogP contribution is 2.26. The Bertz CT molecular complexity index is 916. The molecule has 0 bridgehead atoms. The lowest BCUT2D eigenvalue weighted by molar-refractivity contribution is 0.120. The van der Waals surface area contributed by atoms with Gasteiger partial charge in [-0.2, -0.15) is 5.26 Å². The van der Waals surface area contributed by atoms with Crippen LogP contribution in [0.15, 0.2) is 30.3 Å². The van der Waals surface area contributed by atoms with E-state index in [2.05, 4.69) is 16.4 Å². The van der Waals surface area contributed by atoms with Gasteiger partial charge in [-0.05, 0) is 43.5 Å². The van der Waals surface area contributed by atoms with Gasteiger partial charge in [0.25, 0.3) is 0 Å². The molecule has 23 heavy (non-hydrogen) atoms. The number of benzene rings is 1. The van der Waals surface area contributed by atoms with Crippen molar-refractivity contribution in [3.05, 3.63) is 41.5 Å². The topological polar surface area (TPSA) is 62.4 Å². The van der Waals surface area contributed by atoms with Crippen LogP contribution in [0.25, 0.3) is 16.7 Å². The number of aryl methyl sites for hydroxylation is 1. The molecule has 1 aliphatic heterocycles. The third kappa shape index (κ3) is 2.32. The van der Waals surface area contributed by atoms with Gasteiger partial charge >= 0.3 is 0 Å². The fraction of sp³-hybridized carbons (Fsp3) is 0.333. The monoisotopic (exact) mass is 306 g/mol. The minimum Gasteiger partial charge on any atom is -0.376 e. The van der Waals surface area contributed by atoms with E-state index in [0.717, 1.165) is 48.4 Å². The normalized spacial score (nSPS) is 17.7. The molecule has 1 N–H and O–H groups in total. The molecule has 1 atom stereocenters. The molecule has 1 fully saturated rings. The van der Waals surface area contributed by atoms with Crippen LogP contribution in [-0.2, 0) is 4.74 Å². The zero-order valence-electron chi connectivity index (χ0n) is 13.0. The van der Waals surface area contributed by atoms with Gasteiger partial charge in [0.15, 0.2) is 5.65 Å². The van der Waals surface area contributed by atoms with E-state index in [4.69, 9.17) is 4.74 Å². The second kappa shape index (κ2) is 5.56. The van der Waals surface area contributed by atoms with Crippen LogP contribution in [0, 0.1) is 18.3 Å². The smallest absolute Gasteiger partial charge is 0.157 e. The van der Waals surface area contributed by atoms with Crippen molar-refractivity contribution in [3.63, 3.8) is 0 Å². The average molecular weight is 306 g/mol. The van der Waals surface area contributed by atoms with Gasteiger partial charge in [0.2, 0.25) is 0 Å². The van der Waals surface area contributed by atoms with E-state index < -0.39 is 0 Å². The lowest BCUT2D eigenvalue weighted by atomic mass is 10.1. The van der Waals surface area contributed by atoms with Gasteiger partial charge in [-0.1, -0.05) is 12.1 Å². The van der Waals surface area contributed by atoms with E-state index >= 15 is 0 Å². The first kappa shape index (κ1) is 14.0. The minimum absolute atomic E-state index is 0.260. The van der Waals surface area contributed by atoms with E-state index in [1.807, 2.05) is 41.7 Å². The lowest BCUT2D eigenvalue weighted by Crippen LogP contribution is -2.20. The first-order valence-corrected chi connectivity index (χ1v) is 7.94. The molecule has 0 saturated carbocycles. The summed E-state index contributed by atoms with van der Waals surface area (Å²) in [5.74, 6) is 0.959. The summed E-state index contributed by atoms with van der Waals surface area (Å²) >= 11 is 0. The predicted octanol–water partition coefficient (Wildman–Crippen LogP) is 3.26. The molecule has 0 aliphatic carbocycles. The van der Waals surface area contributed by atoms with E-state index in [1.165, 1.54) is 0 Å². The van der Waals surface area contributed by atoms with Crippen molar-refractivity contribution in [1.82, 2.24) is 9.38 Å². The quantitative estimate of drug-likeness (QED) is 0.807. The number of fused-ring (bicyclic) bond motifs is 3. The van der Waals surface area contributed by atoms with Crippen LogP contribution in [0.1, 0.15) is 24.0 Å². The van der Waals surface area contributed by atoms with Gasteiger partial charge in [-0.3, -0.25) is 4.40 Å². The highest BCUT2D eigenvalue weighted by atomic mass is 16.5. The molecule has 3 heterocycles. The van der Waals surface area contributed by atoms with Crippen molar-refractivity contribution in [1.29, 1.82) is 5.26 Å². The average Bonchev–Trinajstić information content (AvgIpc) is 3.20. The first-order chi connectivity index (χ1) is 11.3. The van der Waals surface area contributed by atoms with Crippen molar-refractivity contribution >= 4 is 22.5 Å². The summed E-state index contributed by atoms with van der Waals surface area (Å²) in [6.45, 7) is 3.57. The summed E-state index contributed by atoms with van der Waals surface area (Å²) in [7, 11) is 0. The van der Waals surface area contributed by atoms with Gasteiger partial charge in [0.1, 0.15) is 11.9 Å². The Labute approximate surface area is 134 Å². The number of nitrogens with zero attached hydrogens (tertiary/aromatic N) is 3. The van der Waals surface area contributed by atoms with Crippen LogP contribution in [0.5, 0.6) is 0 Å². The Hall–Kier alpha value is -2.58. The standard InChI is InChI=1S/C18H18N4O/c1-12-9-17(20-11-13-5-4-8-23-13)22-16-7-3-2-6-15(16)21-18(22)14(12)10-19/h2-3,6-7,9,13,20H,4-5,8,11H2,1H3/t13-/m1/s1. The molecule has 1 saturated heterocycles. The summed E-state index contributed by atoms with van der Waals surface area (Å²) < 4.78 is 7.73. The molecule has 0 radical (unpaired) electrons. The molecule has 2 aromatic heterocycles. The number of nitriles is 1. The summed E-state index contributed by atoms with van der Waals surface area (Å²) in [6, 6.07) is 12.3. The molecule has 1 aromatic carbocycles. The Morgan fingerprint density at radius 3 is 3.09 bits per heavy atom. The molecule has 116 valence electrons. The van der Waals surface area contributed by atoms with Crippen LogP contribution in [0.4, 0.5) is 5.82 Å². The largest absolute Gasteiger partial charge is 0.376 e. The van der Waals surface area contributed by atoms with Gasteiger partial charge in [0.05, 0.1) is 22.7 Å². The Balaban J connectivity index is 1.87. The number of aromatic nitrogens is 2. The third-order valence-electron chi connectivity index (χ3n) is 4.42. The molecular weight excluding hydrogens is 288 g/mol. The number of nitrogens with one attached hydrogen (secondary N) is 1.